The van der Waals surface area contributed by atoms with Gasteiger partial charge in [0.1, 0.15) is 0 Å². The van der Waals surface area contributed by atoms with Crippen molar-refractivity contribution in [3.8, 4) is 0 Å². The van der Waals surface area contributed by atoms with Gasteiger partial charge in [-0.25, -0.2) is 0 Å². The Bertz CT molecular complexity index is 374. The SMILES string of the molecule is CCCCCCCC(NCCC)c1cccc(N(C)C)c1. The van der Waals surface area contributed by atoms with Gasteiger partial charge in [0.05, 0.1) is 0 Å². The first-order valence-corrected chi connectivity index (χ1v) is 8.69. The van der Waals surface area contributed by atoms with Crippen molar-refractivity contribution >= 4 is 5.69 Å². The van der Waals surface area contributed by atoms with E-state index in [9.17, 15) is 0 Å². The van der Waals surface area contributed by atoms with Gasteiger partial charge in [-0.15, -0.1) is 0 Å². The Kier molecular flexibility index (Phi) is 9.16. The highest BCUT2D eigenvalue weighted by atomic mass is 15.1. The molecule has 1 aromatic carbocycles. The molecule has 0 aliphatic rings. The first-order chi connectivity index (χ1) is 10.2. The summed E-state index contributed by atoms with van der Waals surface area (Å²) < 4.78 is 0. The van der Waals surface area contributed by atoms with Crippen LogP contribution in [0.5, 0.6) is 0 Å². The number of rotatable bonds is 11. The van der Waals surface area contributed by atoms with Gasteiger partial charge in [-0.3, -0.25) is 0 Å². The van der Waals surface area contributed by atoms with E-state index in [0.29, 0.717) is 6.04 Å². The van der Waals surface area contributed by atoms with Crippen LogP contribution in [0.15, 0.2) is 24.3 Å². The first kappa shape index (κ1) is 18.0. The van der Waals surface area contributed by atoms with E-state index in [-0.39, 0.29) is 0 Å². The monoisotopic (exact) mass is 290 g/mol. The second kappa shape index (κ2) is 10.7. The molecule has 0 saturated carbocycles. The van der Waals surface area contributed by atoms with E-state index in [0.717, 1.165) is 6.54 Å². The molecule has 0 spiro atoms. The molecule has 0 aliphatic heterocycles. The predicted molar refractivity (Wildman–Crippen MR) is 95.2 cm³/mol. The second-order valence-corrected chi connectivity index (χ2v) is 6.20. The second-order valence-electron chi connectivity index (χ2n) is 6.20. The summed E-state index contributed by atoms with van der Waals surface area (Å²) in [6, 6.07) is 9.47. The maximum atomic E-state index is 3.72. The van der Waals surface area contributed by atoms with E-state index in [1.165, 1.54) is 56.2 Å². The van der Waals surface area contributed by atoms with Gasteiger partial charge in [-0.2, -0.15) is 0 Å². The third kappa shape index (κ3) is 6.99. The highest BCUT2D eigenvalue weighted by Crippen LogP contribution is 2.24. The molecule has 0 amide bonds. The van der Waals surface area contributed by atoms with Crippen molar-refractivity contribution in [3.63, 3.8) is 0 Å². The average Bonchev–Trinajstić information content (AvgIpc) is 2.50. The normalized spacial score (nSPS) is 12.4. The van der Waals surface area contributed by atoms with Crippen LogP contribution in [0.25, 0.3) is 0 Å². The van der Waals surface area contributed by atoms with Gasteiger partial charge < -0.3 is 10.2 Å². The molecule has 0 heterocycles. The van der Waals surface area contributed by atoms with Crippen molar-refractivity contribution in [3.05, 3.63) is 29.8 Å². The lowest BCUT2D eigenvalue weighted by Gasteiger charge is -2.21. The molecule has 0 bridgehead atoms. The van der Waals surface area contributed by atoms with Crippen LogP contribution in [0.3, 0.4) is 0 Å². The van der Waals surface area contributed by atoms with Crippen molar-refractivity contribution in [2.45, 2.75) is 64.8 Å². The molecular formula is C19H34N2. The summed E-state index contributed by atoms with van der Waals surface area (Å²) in [4.78, 5) is 2.18. The fourth-order valence-corrected chi connectivity index (χ4v) is 2.68. The molecular weight excluding hydrogens is 256 g/mol. The van der Waals surface area contributed by atoms with E-state index < -0.39 is 0 Å². The number of anilines is 1. The highest BCUT2D eigenvalue weighted by molar-refractivity contribution is 5.47. The van der Waals surface area contributed by atoms with Crippen molar-refractivity contribution in [2.24, 2.45) is 0 Å². The highest BCUT2D eigenvalue weighted by Gasteiger charge is 2.11. The number of unbranched alkanes of at least 4 members (excludes halogenated alkanes) is 4. The Morgan fingerprint density at radius 1 is 1.00 bits per heavy atom. The van der Waals surface area contributed by atoms with Crippen LogP contribution < -0.4 is 10.2 Å². The fraction of sp³-hybridized carbons (Fsp3) is 0.684. The lowest BCUT2D eigenvalue weighted by Crippen LogP contribution is -2.22. The molecule has 0 radical (unpaired) electrons. The zero-order valence-corrected chi connectivity index (χ0v) is 14.5. The maximum Gasteiger partial charge on any atom is 0.0364 e. The molecule has 21 heavy (non-hydrogen) atoms. The van der Waals surface area contributed by atoms with Crippen molar-refractivity contribution < 1.29 is 0 Å². The van der Waals surface area contributed by atoms with Crippen molar-refractivity contribution in [1.82, 2.24) is 5.32 Å². The summed E-state index contributed by atoms with van der Waals surface area (Å²) in [5.41, 5.74) is 2.73. The van der Waals surface area contributed by atoms with Crippen molar-refractivity contribution in [2.75, 3.05) is 25.5 Å². The molecule has 0 saturated heterocycles. The lowest BCUT2D eigenvalue weighted by molar-refractivity contribution is 0.468. The third-order valence-electron chi connectivity index (χ3n) is 4.03. The summed E-state index contributed by atoms with van der Waals surface area (Å²) in [5.74, 6) is 0. The van der Waals surface area contributed by atoms with Gasteiger partial charge in [-0.1, -0.05) is 58.1 Å². The van der Waals surface area contributed by atoms with Crippen LogP contribution in [0.2, 0.25) is 0 Å². The van der Waals surface area contributed by atoms with Gasteiger partial charge >= 0.3 is 0 Å². The number of hydrogen-bond acceptors (Lipinski definition) is 2. The van der Waals surface area contributed by atoms with Crippen LogP contribution in [0, 0.1) is 0 Å². The van der Waals surface area contributed by atoms with Gasteiger partial charge in [0.2, 0.25) is 0 Å². The van der Waals surface area contributed by atoms with E-state index >= 15 is 0 Å². The summed E-state index contributed by atoms with van der Waals surface area (Å²) in [5, 5.41) is 3.72. The minimum Gasteiger partial charge on any atom is -0.378 e. The Balaban J connectivity index is 2.61. The lowest BCUT2D eigenvalue weighted by atomic mass is 9.99. The topological polar surface area (TPSA) is 15.3 Å². The molecule has 1 aromatic rings. The first-order valence-electron chi connectivity index (χ1n) is 8.69. The van der Waals surface area contributed by atoms with Crippen molar-refractivity contribution in [1.29, 1.82) is 0 Å². The zero-order chi connectivity index (χ0) is 15.5. The molecule has 120 valence electrons. The summed E-state index contributed by atoms with van der Waals surface area (Å²) in [6.45, 7) is 5.62. The predicted octanol–water partition coefficient (Wildman–Crippen LogP) is 5.15. The van der Waals surface area contributed by atoms with E-state index in [2.05, 4.69) is 62.4 Å². The Labute approximate surface area is 131 Å². The fourth-order valence-electron chi connectivity index (χ4n) is 2.68. The Morgan fingerprint density at radius 2 is 1.76 bits per heavy atom. The quantitative estimate of drug-likeness (QED) is 0.567. The number of nitrogens with zero attached hydrogens (tertiary/aromatic N) is 1. The summed E-state index contributed by atoms with van der Waals surface area (Å²) in [7, 11) is 4.22. The van der Waals surface area contributed by atoms with Gasteiger partial charge in [0.25, 0.3) is 0 Å². The molecule has 1 rings (SSSR count). The molecule has 2 heteroatoms. The Morgan fingerprint density at radius 3 is 2.43 bits per heavy atom. The summed E-state index contributed by atoms with van der Waals surface area (Å²) >= 11 is 0. The molecule has 2 nitrogen and oxygen atoms in total. The van der Waals surface area contributed by atoms with E-state index in [1.807, 2.05) is 0 Å². The van der Waals surface area contributed by atoms with Crippen LogP contribution in [0.4, 0.5) is 5.69 Å². The molecule has 0 fully saturated rings. The molecule has 1 atom stereocenters. The molecule has 0 aliphatic carbocycles. The van der Waals surface area contributed by atoms with Crippen LogP contribution in [-0.2, 0) is 0 Å². The minimum absolute atomic E-state index is 0.506. The number of hydrogen-bond donors (Lipinski definition) is 1. The standard InChI is InChI=1S/C19H34N2/c1-5-7-8-9-10-14-19(20-15-6-2)17-12-11-13-18(16-17)21(3)4/h11-13,16,19-20H,5-10,14-15H2,1-4H3. The van der Waals surface area contributed by atoms with E-state index in [1.54, 1.807) is 0 Å². The third-order valence-corrected chi connectivity index (χ3v) is 4.03. The zero-order valence-electron chi connectivity index (χ0n) is 14.5. The Hall–Kier alpha value is -1.02. The largest absolute Gasteiger partial charge is 0.378 e. The van der Waals surface area contributed by atoms with Gasteiger partial charge in [-0.05, 0) is 37.1 Å². The average molecular weight is 290 g/mol. The minimum atomic E-state index is 0.506. The van der Waals surface area contributed by atoms with Gasteiger partial charge in [0.15, 0.2) is 0 Å². The number of nitrogens with one attached hydrogen (secondary N) is 1. The van der Waals surface area contributed by atoms with E-state index in [4.69, 9.17) is 0 Å². The van der Waals surface area contributed by atoms with Crippen LogP contribution in [-0.4, -0.2) is 20.6 Å². The number of benzene rings is 1. The molecule has 1 unspecified atom stereocenters. The summed E-state index contributed by atoms with van der Waals surface area (Å²) in [6.07, 6.45) is 9.22. The molecule has 1 N–H and O–H groups in total. The van der Waals surface area contributed by atoms with Gasteiger partial charge in [0, 0.05) is 25.8 Å². The van der Waals surface area contributed by atoms with Crippen LogP contribution >= 0.6 is 0 Å². The maximum absolute atomic E-state index is 3.72. The smallest absolute Gasteiger partial charge is 0.0364 e. The molecule has 0 aromatic heterocycles. The van der Waals surface area contributed by atoms with Crippen LogP contribution in [0.1, 0.15) is 70.4 Å².